The molecule has 0 radical (unpaired) electrons. The van der Waals surface area contributed by atoms with E-state index in [1.54, 1.807) is 0 Å². The van der Waals surface area contributed by atoms with Crippen molar-refractivity contribution in [1.29, 1.82) is 0 Å². The largest absolute Gasteiger partial charge is 0.477 e. The van der Waals surface area contributed by atoms with Gasteiger partial charge < -0.3 is 32.8 Å². The van der Waals surface area contributed by atoms with Crippen molar-refractivity contribution < 1.29 is 24.7 Å². The number of aliphatic carboxylic acids is 1. The Bertz CT molecular complexity index is 1230. The summed E-state index contributed by atoms with van der Waals surface area (Å²) in [6, 6.07) is 0.391. The maximum Gasteiger partial charge on any atom is 0.352 e. The van der Waals surface area contributed by atoms with Crippen molar-refractivity contribution in [3.8, 4) is 0 Å². The molecule has 0 aliphatic carbocycles. The van der Waals surface area contributed by atoms with Gasteiger partial charge in [-0.05, 0) is 5.57 Å². The summed E-state index contributed by atoms with van der Waals surface area (Å²) in [4.78, 5) is 50.5. The summed E-state index contributed by atoms with van der Waals surface area (Å²) in [6.07, 6.45) is 0. The predicted octanol–water partition coefficient (Wildman–Crippen LogP) is -0.611. The number of carboxylic acid groups (broad SMARTS) is 1. The molecule has 178 valence electrons. The van der Waals surface area contributed by atoms with Crippen LogP contribution < -0.4 is 22.5 Å². The number of thioether (sulfide) groups is 2. The smallest absolute Gasteiger partial charge is 0.352 e. The lowest BCUT2D eigenvalue weighted by Crippen LogP contribution is -2.71. The maximum absolute atomic E-state index is 12.8. The molecule has 0 bridgehead atoms. The molecule has 14 nitrogen and oxygen atoms in total. The Morgan fingerprint density at radius 3 is 2.56 bits per heavy atom. The molecule has 0 saturated carbocycles. The van der Waals surface area contributed by atoms with Crippen LogP contribution in [-0.4, -0.2) is 76.6 Å². The van der Waals surface area contributed by atoms with Gasteiger partial charge in [-0.25, -0.2) is 19.7 Å². The molecule has 0 unspecified atom stereocenters. The zero-order valence-electron chi connectivity index (χ0n) is 17.0. The topological polar surface area (TPSA) is 236 Å². The van der Waals surface area contributed by atoms with Gasteiger partial charge in [0.05, 0.1) is 0 Å². The van der Waals surface area contributed by atoms with Gasteiger partial charge in [0.25, 0.3) is 11.8 Å². The molecule has 2 atom stereocenters. The third kappa shape index (κ3) is 4.44. The first-order valence-electron chi connectivity index (χ1n) is 9.36. The van der Waals surface area contributed by atoms with E-state index in [2.05, 4.69) is 25.4 Å². The van der Waals surface area contributed by atoms with Gasteiger partial charge >= 0.3 is 5.97 Å². The van der Waals surface area contributed by atoms with Crippen LogP contribution in [0.2, 0.25) is 0 Å². The number of carboxylic acids is 1. The standard InChI is InChI=1S/C17H17N9O5S3/c18-7-1-8(19)23-17(22-7)34-3-5-2-32-14-10(13(28)26(14)11(5)15(29)30)24-12(27)9(25-31)6-4-33-16(20)21-6/h1,4,10,14,31H,2-3H2,(H2,20,21)(H,24,27)(H,29,30)(H4,18,19,22,23)/t10-,14+/m1/s1. The molecule has 34 heavy (non-hydrogen) atoms. The predicted molar refractivity (Wildman–Crippen MR) is 126 cm³/mol. The number of oxime groups is 1. The molecular formula is C17H17N9O5S3. The molecule has 0 aromatic carbocycles. The molecule has 1 saturated heterocycles. The molecule has 4 rings (SSSR count). The third-order valence-electron chi connectivity index (χ3n) is 4.74. The van der Waals surface area contributed by atoms with E-state index >= 15 is 0 Å². The number of nitrogens with two attached hydrogens (primary N) is 3. The van der Waals surface area contributed by atoms with Crippen LogP contribution in [0.5, 0.6) is 0 Å². The van der Waals surface area contributed by atoms with Gasteiger partial charge in [-0.2, -0.15) is 0 Å². The number of carbonyl (C=O) groups excluding carboxylic acids is 2. The van der Waals surface area contributed by atoms with Crippen molar-refractivity contribution in [2.75, 3.05) is 28.7 Å². The summed E-state index contributed by atoms with van der Waals surface area (Å²) in [5, 5.41) is 25.7. The van der Waals surface area contributed by atoms with Crippen LogP contribution in [-0.2, 0) is 14.4 Å². The third-order valence-corrected chi connectivity index (χ3v) is 7.68. The molecule has 2 aliphatic heterocycles. The summed E-state index contributed by atoms with van der Waals surface area (Å²) in [5.41, 5.74) is 16.8. The second kappa shape index (κ2) is 9.35. The highest BCUT2D eigenvalue weighted by Gasteiger charge is 2.54. The van der Waals surface area contributed by atoms with E-state index in [0.29, 0.717) is 5.57 Å². The summed E-state index contributed by atoms with van der Waals surface area (Å²) in [6.45, 7) is 0. The fraction of sp³-hybridized carbons (Fsp3) is 0.235. The number of nitrogens with one attached hydrogen (secondary N) is 1. The van der Waals surface area contributed by atoms with E-state index in [9.17, 15) is 24.7 Å². The van der Waals surface area contributed by atoms with Crippen molar-refractivity contribution in [3.05, 3.63) is 28.4 Å². The van der Waals surface area contributed by atoms with Gasteiger partial charge in [0, 0.05) is 23.0 Å². The van der Waals surface area contributed by atoms with Crippen molar-refractivity contribution in [3.63, 3.8) is 0 Å². The van der Waals surface area contributed by atoms with E-state index in [1.165, 1.54) is 23.2 Å². The molecule has 2 aliphatic rings. The minimum atomic E-state index is -1.28. The number of nitrogens with zero attached hydrogens (tertiary/aromatic N) is 5. The number of rotatable bonds is 7. The first-order valence-corrected chi connectivity index (χ1v) is 12.3. The highest BCUT2D eigenvalue weighted by molar-refractivity contribution is 8.01. The van der Waals surface area contributed by atoms with Crippen LogP contribution in [0.1, 0.15) is 5.69 Å². The Morgan fingerprint density at radius 2 is 1.97 bits per heavy atom. The number of amides is 2. The average Bonchev–Trinajstić information content (AvgIpc) is 3.20. The van der Waals surface area contributed by atoms with Gasteiger partial charge in [-0.1, -0.05) is 16.9 Å². The van der Waals surface area contributed by atoms with E-state index in [0.717, 1.165) is 28.0 Å². The second-order valence-corrected chi connectivity index (χ2v) is 9.86. The van der Waals surface area contributed by atoms with Gasteiger partial charge in [0.2, 0.25) is 0 Å². The maximum atomic E-state index is 12.8. The van der Waals surface area contributed by atoms with Gasteiger partial charge in [0.1, 0.15) is 34.4 Å². The zero-order chi connectivity index (χ0) is 24.6. The lowest BCUT2D eigenvalue weighted by molar-refractivity contribution is -0.150. The van der Waals surface area contributed by atoms with Crippen molar-refractivity contribution >= 4 is 75.1 Å². The van der Waals surface area contributed by atoms with E-state index in [1.807, 2.05) is 0 Å². The van der Waals surface area contributed by atoms with Gasteiger partial charge in [-0.15, -0.1) is 23.1 Å². The zero-order valence-corrected chi connectivity index (χ0v) is 19.5. The molecule has 9 N–H and O–H groups in total. The van der Waals surface area contributed by atoms with E-state index in [4.69, 9.17) is 17.2 Å². The summed E-state index contributed by atoms with van der Waals surface area (Å²) < 4.78 is 0. The van der Waals surface area contributed by atoms with Crippen LogP contribution in [0.25, 0.3) is 0 Å². The minimum absolute atomic E-state index is 0.0530. The Kier molecular flexibility index (Phi) is 6.49. The first kappa shape index (κ1) is 23.6. The van der Waals surface area contributed by atoms with E-state index in [-0.39, 0.29) is 44.8 Å². The van der Waals surface area contributed by atoms with Crippen LogP contribution in [0.4, 0.5) is 16.8 Å². The summed E-state index contributed by atoms with van der Waals surface area (Å²) in [5.74, 6) is -1.88. The number of nitrogen functional groups attached to an aromatic ring is 3. The Balaban J connectivity index is 1.48. The molecule has 2 amide bonds. The van der Waals surface area contributed by atoms with Gasteiger partial charge in [0.15, 0.2) is 16.0 Å². The normalized spacial score (nSPS) is 20.1. The number of β-lactam (4-membered cyclic amide) rings is 1. The van der Waals surface area contributed by atoms with Crippen molar-refractivity contribution in [2.45, 2.75) is 16.6 Å². The second-order valence-electron chi connectivity index (χ2n) is 6.93. The quantitative estimate of drug-likeness (QED) is 0.0664. The van der Waals surface area contributed by atoms with Crippen LogP contribution in [0.15, 0.2) is 33.0 Å². The molecule has 17 heteroatoms. The molecule has 0 spiro atoms. The molecule has 2 aromatic heterocycles. The lowest BCUT2D eigenvalue weighted by Gasteiger charge is -2.49. The van der Waals surface area contributed by atoms with Crippen LogP contribution in [0, 0.1) is 0 Å². The number of hydrogen-bond donors (Lipinski definition) is 6. The highest BCUT2D eigenvalue weighted by atomic mass is 32.2. The summed E-state index contributed by atoms with van der Waals surface area (Å²) >= 11 is 3.48. The Morgan fingerprint density at radius 1 is 1.26 bits per heavy atom. The van der Waals surface area contributed by atoms with Crippen molar-refractivity contribution in [1.82, 2.24) is 25.2 Å². The fourth-order valence-electron chi connectivity index (χ4n) is 3.29. The summed E-state index contributed by atoms with van der Waals surface area (Å²) in [7, 11) is 0. The molecular weight excluding hydrogens is 506 g/mol. The number of anilines is 3. The highest BCUT2D eigenvalue weighted by Crippen LogP contribution is 2.41. The van der Waals surface area contributed by atoms with Gasteiger partial charge in [-0.3, -0.25) is 14.5 Å². The Labute approximate surface area is 203 Å². The minimum Gasteiger partial charge on any atom is -0.477 e. The van der Waals surface area contributed by atoms with E-state index < -0.39 is 34.9 Å². The Hall–Kier alpha value is -3.57. The number of thiazole rings is 1. The lowest BCUT2D eigenvalue weighted by atomic mass is 10.0. The average molecular weight is 524 g/mol. The molecule has 1 fully saturated rings. The van der Waals surface area contributed by atoms with Crippen molar-refractivity contribution in [2.24, 2.45) is 5.16 Å². The number of aromatic nitrogens is 3. The fourth-order valence-corrected chi connectivity index (χ4v) is 6.20. The monoisotopic (exact) mass is 523 g/mol. The number of hydrogen-bond acceptors (Lipinski definition) is 14. The molecule has 4 heterocycles. The number of carbonyl (C=O) groups is 3. The van der Waals surface area contributed by atoms with Crippen LogP contribution >= 0.6 is 34.9 Å². The number of fused-ring (bicyclic) bond motifs is 1. The first-order chi connectivity index (χ1) is 16.2. The van der Waals surface area contributed by atoms with Crippen LogP contribution in [0.3, 0.4) is 0 Å². The SMILES string of the molecule is Nc1cc(N)nc(SCC2=C(C(=O)O)N3C(=O)[C@@H](NC(=O)C(=NO)c4csc(N)n4)[C@@H]3SC2)n1. The molecule has 2 aromatic rings.